The van der Waals surface area contributed by atoms with E-state index in [0.717, 1.165) is 19.4 Å². The van der Waals surface area contributed by atoms with Gasteiger partial charge < -0.3 is 15.1 Å². The van der Waals surface area contributed by atoms with Gasteiger partial charge in [-0.05, 0) is 73.8 Å². The molecule has 0 saturated heterocycles. The lowest BCUT2D eigenvalue weighted by molar-refractivity contribution is -0.134. The molecule has 0 saturated carbocycles. The first-order valence-electron chi connectivity index (χ1n) is 9.84. The molecule has 2 unspecified atom stereocenters. The van der Waals surface area contributed by atoms with Crippen molar-refractivity contribution in [2.75, 3.05) is 20.6 Å². The van der Waals surface area contributed by atoms with Crippen molar-refractivity contribution in [2.24, 2.45) is 0 Å². The van der Waals surface area contributed by atoms with Crippen LogP contribution in [0.3, 0.4) is 0 Å². The zero-order chi connectivity index (χ0) is 22.3. The number of carbonyl (C=O) groups is 2. The predicted molar refractivity (Wildman–Crippen MR) is 114 cm³/mol. The van der Waals surface area contributed by atoms with E-state index in [2.05, 4.69) is 50.2 Å². The standard InChI is InChI=1S/C20H24FN.C4H4O4/c1-14-18-9-8-17(21)13-16(18)12-15(10-11-22(2)3)20-7-5-4-6-19(14)20;5-3(6)1-2-4(7)8/h4-9,13-15H,10-12H2,1-3H3;1-2H,(H,5,6)(H,7,8). The average molecular weight is 413 g/mol. The van der Waals surface area contributed by atoms with Gasteiger partial charge in [0.25, 0.3) is 0 Å². The number of aliphatic carboxylic acids is 2. The van der Waals surface area contributed by atoms with Crippen molar-refractivity contribution in [2.45, 2.75) is 31.6 Å². The molecule has 160 valence electrons. The second-order valence-electron chi connectivity index (χ2n) is 7.70. The molecule has 1 aliphatic carbocycles. The number of hydrogen-bond acceptors (Lipinski definition) is 3. The fourth-order valence-corrected chi connectivity index (χ4v) is 3.81. The number of benzene rings is 2. The molecule has 2 aromatic rings. The van der Waals surface area contributed by atoms with Gasteiger partial charge in [-0.25, -0.2) is 14.0 Å². The topological polar surface area (TPSA) is 77.8 Å². The van der Waals surface area contributed by atoms with E-state index in [9.17, 15) is 14.0 Å². The zero-order valence-electron chi connectivity index (χ0n) is 17.5. The Morgan fingerprint density at radius 2 is 1.63 bits per heavy atom. The minimum absolute atomic E-state index is 0.122. The van der Waals surface area contributed by atoms with Crippen molar-refractivity contribution in [3.05, 3.63) is 82.7 Å². The molecule has 0 radical (unpaired) electrons. The zero-order valence-corrected chi connectivity index (χ0v) is 17.5. The highest BCUT2D eigenvalue weighted by atomic mass is 19.1. The van der Waals surface area contributed by atoms with Crippen LogP contribution in [-0.2, 0) is 16.0 Å². The maximum Gasteiger partial charge on any atom is 0.328 e. The number of hydrogen-bond donors (Lipinski definition) is 2. The Morgan fingerprint density at radius 3 is 2.20 bits per heavy atom. The fourth-order valence-electron chi connectivity index (χ4n) is 3.81. The lowest BCUT2D eigenvalue weighted by Crippen LogP contribution is -2.17. The summed E-state index contributed by atoms with van der Waals surface area (Å²) >= 11 is 0. The Balaban J connectivity index is 0.000000343. The molecule has 0 aromatic heterocycles. The number of rotatable bonds is 5. The van der Waals surface area contributed by atoms with Crippen LogP contribution in [0.4, 0.5) is 4.39 Å². The van der Waals surface area contributed by atoms with Gasteiger partial charge in [0.15, 0.2) is 0 Å². The smallest absolute Gasteiger partial charge is 0.328 e. The first kappa shape index (κ1) is 23.3. The average Bonchev–Trinajstić information content (AvgIpc) is 2.80. The van der Waals surface area contributed by atoms with E-state index in [0.29, 0.717) is 24.0 Å². The van der Waals surface area contributed by atoms with Gasteiger partial charge in [0.2, 0.25) is 0 Å². The SMILES string of the molecule is CC1c2ccc(F)cc2CC(CCN(C)C)c2ccccc21.O=C(O)C=CC(=O)O. The molecule has 0 aliphatic heterocycles. The van der Waals surface area contributed by atoms with E-state index in [1.807, 2.05) is 6.07 Å². The highest BCUT2D eigenvalue weighted by Gasteiger charge is 2.26. The van der Waals surface area contributed by atoms with Gasteiger partial charge in [0, 0.05) is 18.1 Å². The van der Waals surface area contributed by atoms with Crippen molar-refractivity contribution in [1.29, 1.82) is 0 Å². The molecule has 0 heterocycles. The Morgan fingerprint density at radius 1 is 1.03 bits per heavy atom. The molecule has 0 bridgehead atoms. The highest BCUT2D eigenvalue weighted by Crippen LogP contribution is 2.40. The monoisotopic (exact) mass is 413 g/mol. The van der Waals surface area contributed by atoms with Crippen molar-refractivity contribution in [3.8, 4) is 0 Å². The fraction of sp³-hybridized carbons (Fsp3) is 0.333. The van der Waals surface area contributed by atoms with E-state index in [4.69, 9.17) is 10.2 Å². The molecule has 30 heavy (non-hydrogen) atoms. The Hall–Kier alpha value is -2.99. The van der Waals surface area contributed by atoms with E-state index < -0.39 is 11.9 Å². The van der Waals surface area contributed by atoms with Gasteiger partial charge in [0.05, 0.1) is 0 Å². The van der Waals surface area contributed by atoms with Crippen LogP contribution in [-0.4, -0.2) is 47.7 Å². The molecule has 5 nitrogen and oxygen atoms in total. The van der Waals surface area contributed by atoms with Crippen LogP contribution in [0.25, 0.3) is 0 Å². The van der Waals surface area contributed by atoms with Crippen molar-refractivity contribution >= 4 is 11.9 Å². The second-order valence-corrected chi connectivity index (χ2v) is 7.70. The van der Waals surface area contributed by atoms with Crippen molar-refractivity contribution in [3.63, 3.8) is 0 Å². The molecule has 0 spiro atoms. The quantitative estimate of drug-likeness (QED) is 0.716. The van der Waals surface area contributed by atoms with Crippen LogP contribution >= 0.6 is 0 Å². The molecule has 2 atom stereocenters. The van der Waals surface area contributed by atoms with Crippen LogP contribution in [0.1, 0.15) is 47.4 Å². The summed E-state index contributed by atoms with van der Waals surface area (Å²) in [6, 6.07) is 14.0. The van der Waals surface area contributed by atoms with Crippen LogP contribution in [0.5, 0.6) is 0 Å². The van der Waals surface area contributed by atoms with Gasteiger partial charge in [-0.15, -0.1) is 0 Å². The summed E-state index contributed by atoms with van der Waals surface area (Å²) in [5.74, 6) is -1.84. The minimum Gasteiger partial charge on any atom is -0.478 e. The molecule has 1 aliphatic rings. The summed E-state index contributed by atoms with van der Waals surface area (Å²) in [6.07, 6.45) is 3.15. The molecule has 0 fully saturated rings. The largest absolute Gasteiger partial charge is 0.478 e. The Kier molecular flexibility index (Phi) is 8.30. The molecular formula is C24H28FNO4. The summed E-state index contributed by atoms with van der Waals surface area (Å²) in [5.41, 5.74) is 5.29. The van der Waals surface area contributed by atoms with Gasteiger partial charge in [-0.2, -0.15) is 0 Å². The molecule has 6 heteroatoms. The minimum atomic E-state index is -1.26. The lowest BCUT2D eigenvalue weighted by atomic mass is 9.87. The number of halogens is 1. The first-order chi connectivity index (χ1) is 14.2. The third-order valence-electron chi connectivity index (χ3n) is 5.23. The van der Waals surface area contributed by atoms with Crippen molar-refractivity contribution in [1.82, 2.24) is 4.90 Å². The summed E-state index contributed by atoms with van der Waals surface area (Å²) in [4.78, 5) is 21.3. The lowest BCUT2D eigenvalue weighted by Gasteiger charge is -2.21. The molecule has 0 amide bonds. The summed E-state index contributed by atoms with van der Waals surface area (Å²) in [7, 11) is 4.22. The van der Waals surface area contributed by atoms with E-state index >= 15 is 0 Å². The Bertz CT molecular complexity index is 907. The summed E-state index contributed by atoms with van der Waals surface area (Å²) in [6.45, 7) is 3.29. The predicted octanol–water partition coefficient (Wildman–Crippen LogP) is 4.28. The first-order valence-corrected chi connectivity index (χ1v) is 9.84. The molecule has 3 rings (SSSR count). The van der Waals surface area contributed by atoms with E-state index in [1.54, 1.807) is 12.1 Å². The summed E-state index contributed by atoms with van der Waals surface area (Å²) in [5, 5.41) is 15.6. The van der Waals surface area contributed by atoms with E-state index in [1.165, 1.54) is 22.3 Å². The number of carboxylic acids is 2. The number of nitrogens with zero attached hydrogens (tertiary/aromatic N) is 1. The molecule has 2 N–H and O–H groups in total. The summed E-state index contributed by atoms with van der Waals surface area (Å²) < 4.78 is 13.7. The van der Waals surface area contributed by atoms with Crippen LogP contribution in [0.2, 0.25) is 0 Å². The van der Waals surface area contributed by atoms with Crippen LogP contribution in [0.15, 0.2) is 54.6 Å². The van der Waals surface area contributed by atoms with E-state index in [-0.39, 0.29) is 5.82 Å². The van der Waals surface area contributed by atoms with Crippen LogP contribution < -0.4 is 0 Å². The number of fused-ring (bicyclic) bond motifs is 2. The maximum absolute atomic E-state index is 13.7. The highest BCUT2D eigenvalue weighted by molar-refractivity contribution is 5.89. The maximum atomic E-state index is 13.7. The third-order valence-corrected chi connectivity index (χ3v) is 5.23. The normalized spacial score (nSPS) is 17.5. The van der Waals surface area contributed by atoms with Crippen LogP contribution in [0, 0.1) is 5.82 Å². The third kappa shape index (κ3) is 6.52. The van der Waals surface area contributed by atoms with Gasteiger partial charge in [-0.3, -0.25) is 0 Å². The van der Waals surface area contributed by atoms with Gasteiger partial charge in [0.1, 0.15) is 5.82 Å². The number of carboxylic acid groups (broad SMARTS) is 2. The van der Waals surface area contributed by atoms with Gasteiger partial charge >= 0.3 is 11.9 Å². The van der Waals surface area contributed by atoms with Gasteiger partial charge in [-0.1, -0.05) is 37.3 Å². The molecular weight excluding hydrogens is 385 g/mol. The Labute approximate surface area is 176 Å². The second kappa shape index (κ2) is 10.7. The van der Waals surface area contributed by atoms with Crippen molar-refractivity contribution < 1.29 is 24.2 Å². The molecule has 2 aromatic carbocycles.